The molecule has 1 aromatic heterocycles. The predicted octanol–water partition coefficient (Wildman–Crippen LogP) is 5.57. The third-order valence-electron chi connectivity index (χ3n) is 4.97. The molecule has 0 aliphatic carbocycles. The molecule has 0 atom stereocenters. The van der Waals surface area contributed by atoms with Gasteiger partial charge in [-0.25, -0.2) is 19.2 Å². The lowest BCUT2D eigenvalue weighted by Gasteiger charge is -2.12. The summed E-state index contributed by atoms with van der Waals surface area (Å²) in [5.41, 5.74) is 2.87. The van der Waals surface area contributed by atoms with E-state index >= 15 is 0 Å². The maximum Gasteiger partial charge on any atom is 0.344 e. The number of aromatic nitrogens is 2. The van der Waals surface area contributed by atoms with Crippen molar-refractivity contribution in [1.29, 1.82) is 0 Å². The van der Waals surface area contributed by atoms with E-state index in [1.54, 1.807) is 55.5 Å². The van der Waals surface area contributed by atoms with E-state index in [4.69, 9.17) is 26.3 Å². The van der Waals surface area contributed by atoms with Crippen LogP contribution in [0, 0.1) is 17.7 Å². The average molecular weight is 519 g/mol. The number of oxime groups is 1. The molecule has 1 heterocycles. The molecule has 0 bridgehead atoms. The van der Waals surface area contributed by atoms with Crippen molar-refractivity contribution in [3.05, 3.63) is 89.0 Å². The Kier molecular flexibility index (Phi) is 8.13. The summed E-state index contributed by atoms with van der Waals surface area (Å²) in [5, 5.41) is 16.9. The van der Waals surface area contributed by atoms with E-state index in [2.05, 4.69) is 32.3 Å². The number of hydrogen-bond acceptors (Lipinski definition) is 7. The van der Waals surface area contributed by atoms with Crippen LogP contribution in [0.4, 0.5) is 15.9 Å². The van der Waals surface area contributed by atoms with E-state index in [1.807, 2.05) is 0 Å². The number of fused-ring (bicyclic) bond motifs is 1. The van der Waals surface area contributed by atoms with E-state index in [0.29, 0.717) is 44.3 Å². The van der Waals surface area contributed by atoms with Crippen LogP contribution >= 0.6 is 11.6 Å². The first-order chi connectivity index (χ1) is 17.9. The largest absolute Gasteiger partial charge is 0.487 e. The molecule has 0 amide bonds. The molecular weight excluding hydrogens is 499 g/mol. The highest BCUT2D eigenvalue weighted by molar-refractivity contribution is 6.32. The Morgan fingerprint density at radius 2 is 2.03 bits per heavy atom. The molecule has 0 saturated carbocycles. The summed E-state index contributed by atoms with van der Waals surface area (Å²) >= 11 is 6.43. The highest BCUT2D eigenvalue weighted by atomic mass is 35.5. The van der Waals surface area contributed by atoms with Gasteiger partial charge in [-0.2, -0.15) is 0 Å². The third kappa shape index (κ3) is 6.72. The maximum absolute atomic E-state index is 13.4. The zero-order valence-corrected chi connectivity index (χ0v) is 20.3. The third-order valence-corrected chi connectivity index (χ3v) is 5.27. The fourth-order valence-corrected chi connectivity index (χ4v) is 3.58. The summed E-state index contributed by atoms with van der Waals surface area (Å²) in [7, 11) is 0. The zero-order valence-electron chi connectivity index (χ0n) is 19.5. The quantitative estimate of drug-likeness (QED) is 0.169. The van der Waals surface area contributed by atoms with E-state index in [0.717, 1.165) is 0 Å². The van der Waals surface area contributed by atoms with Crippen molar-refractivity contribution >= 4 is 45.7 Å². The number of hydrogen-bond donors (Lipinski definition) is 2. The van der Waals surface area contributed by atoms with Crippen LogP contribution in [0.1, 0.15) is 18.1 Å². The van der Waals surface area contributed by atoms with Crippen molar-refractivity contribution in [2.45, 2.75) is 13.5 Å². The second kappa shape index (κ2) is 11.8. The van der Waals surface area contributed by atoms with Crippen LogP contribution in [0.25, 0.3) is 10.9 Å². The van der Waals surface area contributed by atoms with Gasteiger partial charge in [0.2, 0.25) is 6.61 Å². The van der Waals surface area contributed by atoms with Crippen molar-refractivity contribution in [3.8, 4) is 17.6 Å². The lowest BCUT2D eigenvalue weighted by Crippen LogP contribution is -2.06. The van der Waals surface area contributed by atoms with Crippen molar-refractivity contribution in [3.63, 3.8) is 0 Å². The predicted molar refractivity (Wildman–Crippen MR) is 139 cm³/mol. The zero-order chi connectivity index (χ0) is 26.2. The second-order valence-electron chi connectivity index (χ2n) is 7.63. The first-order valence-electron chi connectivity index (χ1n) is 11.0. The minimum Gasteiger partial charge on any atom is -0.487 e. The lowest BCUT2D eigenvalue weighted by atomic mass is 10.1. The Morgan fingerprint density at radius 1 is 1.16 bits per heavy atom. The smallest absolute Gasteiger partial charge is 0.344 e. The van der Waals surface area contributed by atoms with Gasteiger partial charge in [0.15, 0.2) is 5.71 Å². The first kappa shape index (κ1) is 25.4. The molecule has 0 spiro atoms. The van der Waals surface area contributed by atoms with Gasteiger partial charge in [-0.05, 0) is 66.9 Å². The molecule has 0 aliphatic rings. The number of carboxylic acids is 1. The Morgan fingerprint density at radius 3 is 2.78 bits per heavy atom. The number of carbonyl (C=O) groups is 1. The fraction of sp³-hybridized carbons (Fsp3) is 0.111. The molecule has 0 aliphatic heterocycles. The number of anilines is 2. The van der Waals surface area contributed by atoms with Gasteiger partial charge in [0.05, 0.1) is 10.5 Å². The summed E-state index contributed by atoms with van der Waals surface area (Å²) in [6.07, 6.45) is 1.43. The molecule has 10 heteroatoms. The summed E-state index contributed by atoms with van der Waals surface area (Å²) in [4.78, 5) is 24.3. The summed E-state index contributed by atoms with van der Waals surface area (Å²) in [6, 6.07) is 16.6. The van der Waals surface area contributed by atoms with Crippen molar-refractivity contribution in [1.82, 2.24) is 9.97 Å². The van der Waals surface area contributed by atoms with Crippen LogP contribution in [0.2, 0.25) is 5.02 Å². The topological polar surface area (TPSA) is 106 Å². The van der Waals surface area contributed by atoms with E-state index in [9.17, 15) is 9.18 Å². The Bertz CT molecular complexity index is 1550. The lowest BCUT2D eigenvalue weighted by molar-refractivity contribution is -0.142. The average Bonchev–Trinajstić information content (AvgIpc) is 2.87. The number of nitrogens with zero attached hydrogens (tertiary/aromatic N) is 3. The van der Waals surface area contributed by atoms with Crippen molar-refractivity contribution in [2.75, 3.05) is 11.9 Å². The number of benzene rings is 3. The number of ether oxygens (including phenoxy) is 1. The molecule has 8 nitrogen and oxygen atoms in total. The molecule has 37 heavy (non-hydrogen) atoms. The molecular formula is C27H20ClFN4O4. The monoisotopic (exact) mass is 518 g/mol. The SMILES string of the molecule is CC#C/C(=N\OCC(=O)O)c1ccc2ncnc(Nc3ccc(OCc4cccc(F)c4)c(Cl)c3)c2c1. The van der Waals surface area contributed by atoms with E-state index in [1.165, 1.54) is 18.5 Å². The minimum atomic E-state index is -1.14. The summed E-state index contributed by atoms with van der Waals surface area (Å²) < 4.78 is 19.1. The number of halogens is 2. The normalized spacial score (nSPS) is 10.9. The Balaban J connectivity index is 1.56. The van der Waals surface area contributed by atoms with Gasteiger partial charge in [-0.15, -0.1) is 0 Å². The molecule has 3 aromatic carbocycles. The summed E-state index contributed by atoms with van der Waals surface area (Å²) in [6.45, 7) is 1.23. The molecule has 186 valence electrons. The molecule has 4 rings (SSSR count). The highest BCUT2D eigenvalue weighted by Gasteiger charge is 2.11. The van der Waals surface area contributed by atoms with Gasteiger partial charge in [0, 0.05) is 16.6 Å². The van der Waals surface area contributed by atoms with Crippen molar-refractivity contribution < 1.29 is 23.9 Å². The first-order valence-corrected chi connectivity index (χ1v) is 11.3. The molecule has 0 fully saturated rings. The second-order valence-corrected chi connectivity index (χ2v) is 8.03. The Hall–Kier alpha value is -4.68. The van der Waals surface area contributed by atoms with Crippen molar-refractivity contribution in [2.24, 2.45) is 5.16 Å². The van der Waals surface area contributed by atoms with Crippen LogP contribution < -0.4 is 10.1 Å². The number of carboxylic acid groups (broad SMARTS) is 1. The molecule has 0 saturated heterocycles. The number of nitrogens with one attached hydrogen (secondary N) is 1. The van der Waals surface area contributed by atoms with Crippen LogP contribution in [0.3, 0.4) is 0 Å². The van der Waals surface area contributed by atoms with Crippen LogP contribution in [0.5, 0.6) is 5.75 Å². The van der Waals surface area contributed by atoms with Gasteiger partial charge in [0.25, 0.3) is 0 Å². The number of aliphatic carboxylic acids is 1. The van der Waals surface area contributed by atoms with Gasteiger partial charge in [-0.1, -0.05) is 34.8 Å². The standard InChI is InChI=1S/C27H20ClFN4O4/c1-2-4-23(33-37-15-26(34)35)18-7-9-24-21(12-18)27(31-16-30-24)32-20-8-10-25(22(28)13-20)36-14-17-5-3-6-19(29)11-17/h3,5-13,16H,14-15H2,1H3,(H,34,35)(H,30,31,32)/b33-23+. The van der Waals surface area contributed by atoms with Crippen LogP contribution in [-0.4, -0.2) is 33.4 Å². The van der Waals surface area contributed by atoms with E-state index in [-0.39, 0.29) is 18.1 Å². The van der Waals surface area contributed by atoms with E-state index < -0.39 is 12.6 Å². The van der Waals surface area contributed by atoms with Gasteiger partial charge in [-0.3, -0.25) is 0 Å². The maximum atomic E-state index is 13.4. The Labute approximate surface area is 216 Å². The fourth-order valence-electron chi connectivity index (χ4n) is 3.34. The van der Waals surface area contributed by atoms with Crippen LogP contribution in [-0.2, 0) is 16.2 Å². The van der Waals surface area contributed by atoms with Crippen LogP contribution in [0.15, 0.2) is 72.1 Å². The van der Waals surface area contributed by atoms with Gasteiger partial charge >= 0.3 is 5.97 Å². The molecule has 2 N–H and O–H groups in total. The molecule has 0 unspecified atom stereocenters. The van der Waals surface area contributed by atoms with Gasteiger partial charge in [0.1, 0.15) is 30.3 Å². The number of rotatable bonds is 9. The minimum absolute atomic E-state index is 0.171. The molecule has 4 aromatic rings. The molecule has 0 radical (unpaired) electrons. The van der Waals surface area contributed by atoms with Gasteiger partial charge < -0.3 is 20.0 Å². The highest BCUT2D eigenvalue weighted by Crippen LogP contribution is 2.31. The summed E-state index contributed by atoms with van der Waals surface area (Å²) in [5.74, 6) is 5.04.